The first-order valence-electron chi connectivity index (χ1n) is 8.12. The second kappa shape index (κ2) is 8.77. The molecule has 0 radical (unpaired) electrons. The Balaban J connectivity index is 1.86. The topological polar surface area (TPSA) is 62.1 Å². The van der Waals surface area contributed by atoms with E-state index >= 15 is 0 Å². The summed E-state index contributed by atoms with van der Waals surface area (Å²) >= 11 is 13.2. The molecule has 2 rings (SSSR count). The number of nitrogens with zero attached hydrogens (tertiary/aromatic N) is 1. The number of amides is 1. The summed E-state index contributed by atoms with van der Waals surface area (Å²) in [6, 6.07) is 7.21. The predicted octanol–water partition coefficient (Wildman–Crippen LogP) is 6.02. The molecule has 0 unspecified atom stereocenters. The van der Waals surface area contributed by atoms with Gasteiger partial charge in [-0.1, -0.05) is 44.0 Å². The van der Waals surface area contributed by atoms with Crippen molar-refractivity contribution in [1.82, 2.24) is 0 Å². The molecule has 1 N–H and O–H groups in total. The van der Waals surface area contributed by atoms with Gasteiger partial charge in [-0.05, 0) is 41.0 Å². The lowest BCUT2D eigenvalue weighted by atomic mass is 9.86. The molecule has 0 saturated heterocycles. The minimum atomic E-state index is -0.144. The molecule has 1 heterocycles. The molecule has 1 aromatic carbocycles. The van der Waals surface area contributed by atoms with Crippen molar-refractivity contribution in [3.05, 3.63) is 44.8 Å². The van der Waals surface area contributed by atoms with Crippen molar-refractivity contribution < 1.29 is 9.53 Å². The van der Waals surface area contributed by atoms with Gasteiger partial charge in [0.25, 0.3) is 0 Å². The number of carbonyl (C=O) groups is 1. The Morgan fingerprint density at radius 2 is 2.08 bits per heavy atom. The number of benzene rings is 1. The second-order valence-corrected chi connectivity index (χ2v) is 8.51. The van der Waals surface area contributed by atoms with Gasteiger partial charge in [0.1, 0.15) is 16.8 Å². The van der Waals surface area contributed by atoms with Crippen molar-refractivity contribution in [2.45, 2.75) is 39.0 Å². The van der Waals surface area contributed by atoms with E-state index in [0.29, 0.717) is 45.8 Å². The van der Waals surface area contributed by atoms with Crippen molar-refractivity contribution in [2.75, 3.05) is 11.9 Å². The Bertz CT molecular complexity index is 835. The van der Waals surface area contributed by atoms with Crippen LogP contribution >= 0.6 is 34.5 Å². The van der Waals surface area contributed by atoms with Gasteiger partial charge in [0.15, 0.2) is 0 Å². The minimum absolute atomic E-state index is 0.143. The molecular weight excluding hydrogens is 391 g/mol. The largest absolute Gasteiger partial charge is 0.492 e. The van der Waals surface area contributed by atoms with Crippen LogP contribution in [0, 0.1) is 11.3 Å². The summed E-state index contributed by atoms with van der Waals surface area (Å²) in [5.74, 6) is 0.394. The number of hydrogen-bond donors (Lipinski definition) is 1. The zero-order valence-electron chi connectivity index (χ0n) is 14.9. The van der Waals surface area contributed by atoms with E-state index in [1.54, 1.807) is 18.2 Å². The molecule has 0 atom stereocenters. The number of anilines is 1. The van der Waals surface area contributed by atoms with Gasteiger partial charge in [0.2, 0.25) is 5.91 Å². The molecule has 0 fully saturated rings. The van der Waals surface area contributed by atoms with Crippen LogP contribution in [0.5, 0.6) is 5.75 Å². The zero-order chi connectivity index (χ0) is 19.3. The fraction of sp³-hybridized carbons (Fsp3) is 0.368. The van der Waals surface area contributed by atoms with Crippen LogP contribution in [0.15, 0.2) is 23.6 Å². The average Bonchev–Trinajstić information content (AvgIpc) is 2.96. The molecule has 0 aliphatic rings. The van der Waals surface area contributed by atoms with Gasteiger partial charge < -0.3 is 10.1 Å². The number of hydrogen-bond acceptors (Lipinski definition) is 4. The van der Waals surface area contributed by atoms with Crippen LogP contribution < -0.4 is 10.1 Å². The number of carbonyl (C=O) groups excluding carboxylic acids is 1. The molecule has 7 heteroatoms. The van der Waals surface area contributed by atoms with Gasteiger partial charge in [-0.3, -0.25) is 4.79 Å². The maximum absolute atomic E-state index is 12.1. The van der Waals surface area contributed by atoms with Gasteiger partial charge in [-0.25, -0.2) is 0 Å². The number of halogens is 2. The predicted molar refractivity (Wildman–Crippen MR) is 108 cm³/mol. The van der Waals surface area contributed by atoms with E-state index < -0.39 is 0 Å². The molecule has 0 aliphatic heterocycles. The van der Waals surface area contributed by atoms with Gasteiger partial charge >= 0.3 is 0 Å². The minimum Gasteiger partial charge on any atom is -0.492 e. The van der Waals surface area contributed by atoms with Crippen molar-refractivity contribution in [3.8, 4) is 11.8 Å². The van der Waals surface area contributed by atoms with Crippen molar-refractivity contribution in [1.29, 1.82) is 5.26 Å². The summed E-state index contributed by atoms with van der Waals surface area (Å²) in [4.78, 5) is 12.1. The fourth-order valence-corrected chi connectivity index (χ4v) is 3.93. The second-order valence-electron chi connectivity index (χ2n) is 6.79. The average molecular weight is 411 g/mol. The number of nitriles is 1. The molecular formula is C19H20Cl2N2O2S. The lowest BCUT2D eigenvalue weighted by molar-refractivity contribution is -0.116. The molecule has 0 saturated carbocycles. The number of thiophene rings is 1. The van der Waals surface area contributed by atoms with Crippen LogP contribution in [-0.2, 0) is 10.2 Å². The van der Waals surface area contributed by atoms with Crippen LogP contribution in [0.2, 0.25) is 10.0 Å². The highest BCUT2D eigenvalue weighted by Gasteiger charge is 2.23. The van der Waals surface area contributed by atoms with Crippen molar-refractivity contribution >= 4 is 45.4 Å². The van der Waals surface area contributed by atoms with Crippen LogP contribution in [0.1, 0.15) is 44.7 Å². The maximum atomic E-state index is 12.1. The van der Waals surface area contributed by atoms with Crippen LogP contribution in [0.25, 0.3) is 0 Å². The lowest BCUT2D eigenvalue weighted by Gasteiger charge is -2.17. The Hall–Kier alpha value is -1.74. The molecule has 1 amide bonds. The maximum Gasteiger partial charge on any atom is 0.225 e. The normalized spacial score (nSPS) is 11.1. The SMILES string of the molecule is CC(C)(C)c1csc(NC(=O)CCCOc2ccc(Cl)cc2Cl)c1C#N. The Morgan fingerprint density at radius 1 is 1.35 bits per heavy atom. The van der Waals surface area contributed by atoms with Crippen LogP contribution in [0.3, 0.4) is 0 Å². The van der Waals surface area contributed by atoms with Crippen molar-refractivity contribution in [2.24, 2.45) is 0 Å². The highest BCUT2D eigenvalue weighted by molar-refractivity contribution is 7.14. The number of ether oxygens (including phenoxy) is 1. The monoisotopic (exact) mass is 410 g/mol. The van der Waals surface area contributed by atoms with Gasteiger partial charge in [0.05, 0.1) is 17.2 Å². The van der Waals surface area contributed by atoms with Crippen LogP contribution in [0.4, 0.5) is 5.00 Å². The first-order chi connectivity index (χ1) is 12.2. The zero-order valence-corrected chi connectivity index (χ0v) is 17.2. The van der Waals surface area contributed by atoms with Crippen LogP contribution in [-0.4, -0.2) is 12.5 Å². The van der Waals surface area contributed by atoms with E-state index in [1.165, 1.54) is 11.3 Å². The van der Waals surface area contributed by atoms with Gasteiger partial charge in [-0.15, -0.1) is 11.3 Å². The summed E-state index contributed by atoms with van der Waals surface area (Å²) in [5, 5.41) is 15.8. The van der Waals surface area contributed by atoms with Gasteiger partial charge in [-0.2, -0.15) is 5.26 Å². The van der Waals surface area contributed by atoms with E-state index in [0.717, 1.165) is 5.56 Å². The smallest absolute Gasteiger partial charge is 0.225 e. The lowest BCUT2D eigenvalue weighted by Crippen LogP contribution is -2.15. The molecule has 1 aromatic heterocycles. The van der Waals surface area contributed by atoms with E-state index in [4.69, 9.17) is 27.9 Å². The molecule has 0 aliphatic carbocycles. The molecule has 138 valence electrons. The van der Waals surface area contributed by atoms with E-state index in [2.05, 4.69) is 11.4 Å². The molecule has 2 aromatic rings. The molecule has 0 spiro atoms. The van der Waals surface area contributed by atoms with E-state index in [9.17, 15) is 10.1 Å². The Morgan fingerprint density at radius 3 is 2.69 bits per heavy atom. The Labute approximate surface area is 167 Å². The molecule has 4 nitrogen and oxygen atoms in total. The highest BCUT2D eigenvalue weighted by atomic mass is 35.5. The Kier molecular flexibility index (Phi) is 6.94. The number of rotatable bonds is 6. The third-order valence-corrected chi connectivity index (χ3v) is 5.09. The number of nitrogens with one attached hydrogen (secondary N) is 1. The summed E-state index contributed by atoms with van der Waals surface area (Å²) < 4.78 is 5.57. The van der Waals surface area contributed by atoms with E-state index in [-0.39, 0.29) is 11.3 Å². The summed E-state index contributed by atoms with van der Waals surface area (Å²) in [7, 11) is 0. The van der Waals surface area contributed by atoms with Gasteiger partial charge in [0, 0.05) is 11.4 Å². The third-order valence-electron chi connectivity index (χ3n) is 3.66. The third kappa shape index (κ3) is 5.38. The summed E-state index contributed by atoms with van der Waals surface area (Å²) in [6.07, 6.45) is 0.822. The van der Waals surface area contributed by atoms with E-state index in [1.807, 2.05) is 26.2 Å². The quantitative estimate of drug-likeness (QED) is 0.591. The molecule has 26 heavy (non-hydrogen) atoms. The fourth-order valence-electron chi connectivity index (χ4n) is 2.31. The first-order valence-corrected chi connectivity index (χ1v) is 9.75. The van der Waals surface area contributed by atoms with Crippen molar-refractivity contribution in [3.63, 3.8) is 0 Å². The molecule has 0 bridgehead atoms. The summed E-state index contributed by atoms with van der Waals surface area (Å²) in [6.45, 7) is 6.49. The highest BCUT2D eigenvalue weighted by Crippen LogP contribution is 2.35. The summed E-state index contributed by atoms with van der Waals surface area (Å²) in [5.41, 5.74) is 1.34. The standard InChI is InChI=1S/C19H20Cl2N2O2S/c1-19(2,3)14-11-26-18(13(14)10-22)23-17(24)5-4-8-25-16-7-6-12(20)9-15(16)21/h6-7,9,11H,4-5,8H2,1-3H3,(H,23,24). The first kappa shape index (κ1) is 20.6.